The van der Waals surface area contributed by atoms with Gasteiger partial charge >= 0.3 is 6.36 Å². The number of alkyl halides is 3. The van der Waals surface area contributed by atoms with Crippen molar-refractivity contribution in [3.63, 3.8) is 0 Å². The van der Waals surface area contributed by atoms with Crippen LogP contribution in [0.3, 0.4) is 0 Å². The van der Waals surface area contributed by atoms with Crippen LogP contribution in [0.25, 0.3) is 27.6 Å². The first-order valence-corrected chi connectivity index (χ1v) is 21.2. The number of amides is 4. The molecule has 14 nitrogen and oxygen atoms in total. The molecular weight excluding hydrogens is 856 g/mol. The maximum atomic E-state index is 16.7. The van der Waals surface area contributed by atoms with E-state index in [1.54, 1.807) is 40.2 Å². The highest BCUT2D eigenvalue weighted by molar-refractivity contribution is 6.05. The van der Waals surface area contributed by atoms with Crippen molar-refractivity contribution in [2.24, 2.45) is 0 Å². The van der Waals surface area contributed by atoms with Crippen LogP contribution < -0.4 is 25.0 Å². The number of halogens is 5. The Bertz CT molecular complexity index is 2670. The summed E-state index contributed by atoms with van der Waals surface area (Å²) in [5.41, 5.74) is 1.65. The van der Waals surface area contributed by atoms with Crippen LogP contribution >= 0.6 is 0 Å². The molecular formula is C46H47F5N8O6. The minimum Gasteiger partial charge on any atom is -0.495 e. The monoisotopic (exact) mass is 902 g/mol. The molecule has 0 unspecified atom stereocenters. The Morgan fingerprint density at radius 3 is 2.45 bits per heavy atom. The van der Waals surface area contributed by atoms with Gasteiger partial charge < -0.3 is 34.5 Å². The van der Waals surface area contributed by atoms with Gasteiger partial charge in [0.1, 0.15) is 29.1 Å². The van der Waals surface area contributed by atoms with E-state index in [-0.39, 0.29) is 94.0 Å². The highest BCUT2D eigenvalue weighted by Crippen LogP contribution is 2.44. The number of ether oxygens (including phenoxy) is 2. The minimum absolute atomic E-state index is 0.00125. The van der Waals surface area contributed by atoms with Gasteiger partial charge in [0, 0.05) is 101 Å². The van der Waals surface area contributed by atoms with E-state index in [1.165, 1.54) is 62.5 Å². The number of aromatic amines is 1. The lowest BCUT2D eigenvalue weighted by atomic mass is 9.87. The van der Waals surface area contributed by atoms with E-state index in [2.05, 4.69) is 20.7 Å². The van der Waals surface area contributed by atoms with Crippen LogP contribution in [0.5, 0.6) is 11.5 Å². The number of anilines is 2. The van der Waals surface area contributed by atoms with Gasteiger partial charge in [0.05, 0.1) is 24.0 Å². The lowest BCUT2D eigenvalue weighted by Crippen LogP contribution is -2.47. The van der Waals surface area contributed by atoms with Crippen molar-refractivity contribution in [3.8, 4) is 22.6 Å². The zero-order chi connectivity index (χ0) is 46.2. The van der Waals surface area contributed by atoms with Crippen molar-refractivity contribution < 1.29 is 50.6 Å². The van der Waals surface area contributed by atoms with E-state index in [0.717, 1.165) is 0 Å². The standard InChI is InChI=1S/C46H47F5N8O6/c1-56(2)45(63)36-22-32-31(21-30(42(48)43(32)54-36)28-6-4-15-58(25-28)41(61)13-19-59-16-5-14-52-59)29-8-7-27(20-38(29)65-46(49,50)51)26-11-17-57(18-12-26)37-24-39(64-3)35(23-33(37)47)53-34-9-10-40(60)55-44(34)62/h5-8,14,16,20-24,26,34,53-54H,4,9-13,15,17-19,25H2,1-3H3,(H,55,60,62)/t34-/m0/s1. The second-order valence-electron chi connectivity index (χ2n) is 16.5. The highest BCUT2D eigenvalue weighted by Gasteiger charge is 2.35. The lowest BCUT2D eigenvalue weighted by Gasteiger charge is -2.34. The average Bonchev–Trinajstić information content (AvgIpc) is 3.98. The van der Waals surface area contributed by atoms with Gasteiger partial charge in [0.25, 0.3) is 5.91 Å². The smallest absolute Gasteiger partial charge is 0.495 e. The predicted molar refractivity (Wildman–Crippen MR) is 231 cm³/mol. The van der Waals surface area contributed by atoms with Gasteiger partial charge in [-0.3, -0.25) is 29.2 Å². The Labute approximate surface area is 370 Å². The molecule has 3 aliphatic rings. The van der Waals surface area contributed by atoms with E-state index in [0.29, 0.717) is 56.6 Å². The Morgan fingerprint density at radius 2 is 1.75 bits per heavy atom. The van der Waals surface area contributed by atoms with E-state index >= 15 is 8.78 Å². The molecule has 65 heavy (non-hydrogen) atoms. The molecule has 2 saturated heterocycles. The summed E-state index contributed by atoms with van der Waals surface area (Å²) in [6, 6.07) is 11.1. The molecule has 0 bridgehead atoms. The van der Waals surface area contributed by atoms with Crippen LogP contribution in [-0.2, 0) is 20.9 Å². The second-order valence-corrected chi connectivity index (χ2v) is 16.5. The minimum atomic E-state index is -5.11. The molecule has 2 fully saturated rings. The maximum absolute atomic E-state index is 16.7. The number of benzene rings is 3. The van der Waals surface area contributed by atoms with Crippen molar-refractivity contribution in [2.45, 2.75) is 63.4 Å². The predicted octanol–water partition coefficient (Wildman–Crippen LogP) is 7.23. The van der Waals surface area contributed by atoms with Gasteiger partial charge in [0.2, 0.25) is 17.7 Å². The Morgan fingerprint density at radius 1 is 0.969 bits per heavy atom. The van der Waals surface area contributed by atoms with Crippen molar-refractivity contribution in [2.75, 3.05) is 57.6 Å². The fourth-order valence-corrected chi connectivity index (χ4v) is 8.79. The third-order valence-electron chi connectivity index (χ3n) is 12.1. The maximum Gasteiger partial charge on any atom is 0.573 e. The van der Waals surface area contributed by atoms with Crippen LogP contribution in [0.15, 0.2) is 67.0 Å². The highest BCUT2D eigenvalue weighted by atomic mass is 19.4. The third kappa shape index (κ3) is 9.63. The van der Waals surface area contributed by atoms with Gasteiger partial charge in [-0.25, -0.2) is 8.78 Å². The fraction of sp³-hybridized carbons (Fsp3) is 0.370. The summed E-state index contributed by atoms with van der Waals surface area (Å²) in [7, 11) is 4.45. The molecule has 3 N–H and O–H groups in total. The number of rotatable bonds is 12. The van der Waals surface area contributed by atoms with Crippen LogP contribution in [0, 0.1) is 11.6 Å². The molecule has 5 heterocycles. The third-order valence-corrected chi connectivity index (χ3v) is 12.1. The zero-order valence-electron chi connectivity index (χ0n) is 35.9. The molecule has 3 aliphatic heterocycles. The molecule has 342 valence electrons. The number of carbonyl (C=O) groups excluding carboxylic acids is 4. The summed E-state index contributed by atoms with van der Waals surface area (Å²) in [5.74, 6) is -3.36. The number of imide groups is 1. The van der Waals surface area contributed by atoms with E-state index in [4.69, 9.17) is 9.47 Å². The summed E-state index contributed by atoms with van der Waals surface area (Å²) in [6.07, 6.45) is 1.86. The normalized spacial score (nSPS) is 17.2. The Balaban J connectivity index is 1.08. The SMILES string of the molecule is COc1cc(N2CCC(c3ccc(-c4cc(C5=CCCN(C(=O)CCn6cccn6)C5)c(F)c5[nH]c(C(=O)N(C)C)cc45)c(OC(F)(F)F)c3)CC2)c(F)cc1N[C@H]1CCC(=O)NC1=O. The lowest BCUT2D eigenvalue weighted by molar-refractivity contribution is -0.274. The molecule has 2 aromatic heterocycles. The van der Waals surface area contributed by atoms with Crippen molar-refractivity contribution in [1.29, 1.82) is 0 Å². The molecule has 4 amide bonds. The van der Waals surface area contributed by atoms with Gasteiger partial charge in [-0.1, -0.05) is 18.2 Å². The second kappa shape index (κ2) is 18.3. The van der Waals surface area contributed by atoms with Crippen molar-refractivity contribution >= 4 is 51.5 Å². The number of carbonyl (C=O) groups is 4. The van der Waals surface area contributed by atoms with Crippen LogP contribution in [-0.4, -0.2) is 108 Å². The van der Waals surface area contributed by atoms with Crippen LogP contribution in [0.4, 0.5) is 33.3 Å². The molecule has 0 aliphatic carbocycles. The van der Waals surface area contributed by atoms with Crippen molar-refractivity contribution in [1.82, 2.24) is 29.9 Å². The fourth-order valence-electron chi connectivity index (χ4n) is 8.79. The number of hydrogen-bond donors (Lipinski definition) is 3. The molecule has 0 spiro atoms. The number of piperidine rings is 2. The number of aryl methyl sites for hydroxylation is 1. The number of aromatic nitrogens is 3. The average molecular weight is 903 g/mol. The quantitative estimate of drug-likeness (QED) is 0.0870. The zero-order valence-corrected chi connectivity index (χ0v) is 35.9. The van der Waals surface area contributed by atoms with Gasteiger partial charge in [-0.15, -0.1) is 13.2 Å². The molecule has 0 saturated carbocycles. The molecule has 1 atom stereocenters. The largest absolute Gasteiger partial charge is 0.573 e. The number of hydrogen-bond acceptors (Lipinski definition) is 9. The van der Waals surface area contributed by atoms with Crippen molar-refractivity contribution in [3.05, 3.63) is 95.5 Å². The topological polar surface area (TPSA) is 154 Å². The van der Waals surface area contributed by atoms with E-state index < -0.39 is 41.6 Å². The number of methoxy groups -OCH3 is 1. The number of H-pyrrole nitrogens is 1. The van der Waals surface area contributed by atoms with Gasteiger partial charge in [-0.05, 0) is 72.6 Å². The van der Waals surface area contributed by atoms with E-state index in [1.807, 2.05) is 4.90 Å². The van der Waals surface area contributed by atoms with Crippen LogP contribution in [0.2, 0.25) is 0 Å². The summed E-state index contributed by atoms with van der Waals surface area (Å²) in [4.78, 5) is 58.0. The first-order chi connectivity index (χ1) is 31.1. The van der Waals surface area contributed by atoms with Gasteiger partial charge in [-0.2, -0.15) is 5.10 Å². The number of nitrogens with zero attached hydrogens (tertiary/aromatic N) is 5. The van der Waals surface area contributed by atoms with Crippen LogP contribution in [0.1, 0.15) is 66.1 Å². The van der Waals surface area contributed by atoms with Gasteiger partial charge in [0.15, 0.2) is 5.82 Å². The molecule has 5 aromatic rings. The molecule has 0 radical (unpaired) electrons. The first kappa shape index (κ1) is 44.7. The number of nitrogens with one attached hydrogen (secondary N) is 3. The Kier molecular flexibility index (Phi) is 12.6. The first-order valence-electron chi connectivity index (χ1n) is 21.2. The molecule has 8 rings (SSSR count). The summed E-state index contributed by atoms with van der Waals surface area (Å²) in [5, 5.41) is 9.53. The number of fused-ring (bicyclic) bond motifs is 1. The molecule has 19 heteroatoms. The summed E-state index contributed by atoms with van der Waals surface area (Å²) in [6.45, 7) is 1.48. The Hall–Kier alpha value is -6.92. The summed E-state index contributed by atoms with van der Waals surface area (Å²) < 4.78 is 87.2. The molecule has 3 aromatic carbocycles. The van der Waals surface area contributed by atoms with E-state index in [9.17, 15) is 32.3 Å². The summed E-state index contributed by atoms with van der Waals surface area (Å²) >= 11 is 0.